The van der Waals surface area contributed by atoms with E-state index in [1.54, 1.807) is 22.7 Å². The number of nitrogens with zero attached hydrogens (tertiary/aromatic N) is 3. The molecule has 0 spiro atoms. The Hall–Kier alpha value is -0.980. The Morgan fingerprint density at radius 1 is 1.42 bits per heavy atom. The molecule has 0 fully saturated rings. The van der Waals surface area contributed by atoms with Gasteiger partial charge in [0, 0.05) is 29.9 Å². The van der Waals surface area contributed by atoms with Crippen molar-refractivity contribution in [2.75, 3.05) is 11.9 Å². The summed E-state index contributed by atoms with van der Waals surface area (Å²) < 4.78 is 0. The number of aryl methyl sites for hydroxylation is 1. The van der Waals surface area contributed by atoms with Gasteiger partial charge < -0.3 is 10.2 Å². The molecule has 104 valence electrons. The number of thiazole rings is 2. The van der Waals surface area contributed by atoms with Crippen LogP contribution in [0.2, 0.25) is 0 Å². The first kappa shape index (κ1) is 14.4. The highest BCUT2D eigenvalue weighted by atomic mass is 32.1. The molecule has 0 saturated carbocycles. The van der Waals surface area contributed by atoms with Crippen molar-refractivity contribution in [3.63, 3.8) is 0 Å². The third-order valence-electron chi connectivity index (χ3n) is 2.76. The zero-order valence-electron chi connectivity index (χ0n) is 11.8. The summed E-state index contributed by atoms with van der Waals surface area (Å²) in [7, 11) is 2.07. The summed E-state index contributed by atoms with van der Waals surface area (Å²) in [6.45, 7) is 8.10. The molecule has 0 unspecified atom stereocenters. The molecule has 0 aliphatic carbocycles. The van der Waals surface area contributed by atoms with Gasteiger partial charge in [0.1, 0.15) is 0 Å². The molecule has 2 rings (SSSR count). The summed E-state index contributed by atoms with van der Waals surface area (Å²) in [5.74, 6) is 0. The number of anilines is 1. The maximum absolute atomic E-state index is 4.65. The highest BCUT2D eigenvalue weighted by Gasteiger charge is 2.12. The molecular formula is C13H20N4S2. The van der Waals surface area contributed by atoms with E-state index >= 15 is 0 Å². The van der Waals surface area contributed by atoms with E-state index in [9.17, 15) is 0 Å². The van der Waals surface area contributed by atoms with E-state index in [4.69, 9.17) is 0 Å². The van der Waals surface area contributed by atoms with E-state index in [1.807, 2.05) is 5.51 Å². The molecule has 0 radical (unpaired) electrons. The van der Waals surface area contributed by atoms with Gasteiger partial charge in [0.25, 0.3) is 0 Å². The third-order valence-corrected chi connectivity index (χ3v) is 4.67. The zero-order chi connectivity index (χ0) is 13.8. The first-order valence-electron chi connectivity index (χ1n) is 6.34. The van der Waals surface area contributed by atoms with Crippen LogP contribution < -0.4 is 10.2 Å². The Morgan fingerprint density at radius 3 is 2.84 bits per heavy atom. The number of hydrogen-bond acceptors (Lipinski definition) is 6. The van der Waals surface area contributed by atoms with Crippen LogP contribution in [-0.4, -0.2) is 23.1 Å². The Kier molecular flexibility index (Phi) is 4.90. The minimum atomic E-state index is 0.498. The first-order chi connectivity index (χ1) is 9.06. The van der Waals surface area contributed by atoms with Gasteiger partial charge in [0.05, 0.1) is 23.4 Å². The predicted octanol–water partition coefficient (Wildman–Crippen LogP) is 3.04. The molecule has 0 amide bonds. The SMILES string of the molecule is Cc1nc(N(C)Cc2cscn2)sc1CNC(C)C. The van der Waals surface area contributed by atoms with Gasteiger partial charge >= 0.3 is 0 Å². The van der Waals surface area contributed by atoms with Crippen LogP contribution >= 0.6 is 22.7 Å². The Morgan fingerprint density at radius 2 is 2.21 bits per heavy atom. The van der Waals surface area contributed by atoms with Crippen LogP contribution in [0.5, 0.6) is 0 Å². The Balaban J connectivity index is 2.02. The summed E-state index contributed by atoms with van der Waals surface area (Å²) in [6, 6.07) is 0.498. The molecule has 2 heterocycles. The minimum absolute atomic E-state index is 0.498. The largest absolute Gasteiger partial charge is 0.345 e. The van der Waals surface area contributed by atoms with Crippen LogP contribution in [0.25, 0.3) is 0 Å². The second-order valence-corrected chi connectivity index (χ2v) is 6.66. The molecule has 0 atom stereocenters. The maximum atomic E-state index is 4.65. The summed E-state index contributed by atoms with van der Waals surface area (Å²) in [4.78, 5) is 12.4. The smallest absolute Gasteiger partial charge is 0.185 e. The number of rotatable bonds is 6. The highest BCUT2D eigenvalue weighted by Crippen LogP contribution is 2.26. The minimum Gasteiger partial charge on any atom is -0.345 e. The van der Waals surface area contributed by atoms with Crippen LogP contribution in [-0.2, 0) is 13.1 Å². The fraction of sp³-hybridized carbons (Fsp3) is 0.538. The van der Waals surface area contributed by atoms with Gasteiger partial charge in [0.15, 0.2) is 5.13 Å². The third kappa shape index (κ3) is 3.99. The molecule has 4 nitrogen and oxygen atoms in total. The Labute approximate surface area is 122 Å². The molecule has 0 bridgehead atoms. The van der Waals surface area contributed by atoms with Crippen LogP contribution in [0.1, 0.15) is 30.1 Å². The zero-order valence-corrected chi connectivity index (χ0v) is 13.4. The standard InChI is InChI=1S/C13H20N4S2/c1-9(2)14-5-12-10(3)16-13(19-12)17(4)6-11-7-18-8-15-11/h7-9,14H,5-6H2,1-4H3. The van der Waals surface area contributed by atoms with E-state index in [0.29, 0.717) is 6.04 Å². The van der Waals surface area contributed by atoms with Crippen molar-refractivity contribution in [3.05, 3.63) is 27.2 Å². The highest BCUT2D eigenvalue weighted by molar-refractivity contribution is 7.15. The fourth-order valence-electron chi connectivity index (χ4n) is 1.66. The van der Waals surface area contributed by atoms with E-state index in [1.165, 1.54) is 4.88 Å². The fourth-order valence-corrected chi connectivity index (χ4v) is 3.18. The Bertz CT molecular complexity index is 505. The number of nitrogens with one attached hydrogen (secondary N) is 1. The van der Waals surface area contributed by atoms with Gasteiger partial charge in [-0.25, -0.2) is 9.97 Å². The number of hydrogen-bond donors (Lipinski definition) is 1. The maximum Gasteiger partial charge on any atom is 0.185 e. The molecule has 0 aliphatic heterocycles. The molecule has 1 N–H and O–H groups in total. The van der Waals surface area contributed by atoms with E-state index in [-0.39, 0.29) is 0 Å². The monoisotopic (exact) mass is 296 g/mol. The molecule has 6 heteroatoms. The van der Waals surface area contributed by atoms with Gasteiger partial charge in [-0.2, -0.15) is 0 Å². The molecule has 2 aromatic heterocycles. The van der Waals surface area contributed by atoms with Crippen molar-refractivity contribution in [3.8, 4) is 0 Å². The molecule has 19 heavy (non-hydrogen) atoms. The van der Waals surface area contributed by atoms with Gasteiger partial charge in [-0.1, -0.05) is 13.8 Å². The summed E-state index contributed by atoms with van der Waals surface area (Å²) in [6.07, 6.45) is 0. The van der Waals surface area contributed by atoms with Gasteiger partial charge in [-0.3, -0.25) is 0 Å². The van der Waals surface area contributed by atoms with Crippen LogP contribution in [0.15, 0.2) is 10.9 Å². The van der Waals surface area contributed by atoms with E-state index in [0.717, 1.165) is 29.6 Å². The van der Waals surface area contributed by atoms with Crippen LogP contribution in [0.4, 0.5) is 5.13 Å². The quantitative estimate of drug-likeness (QED) is 0.889. The van der Waals surface area contributed by atoms with Gasteiger partial charge in [0.2, 0.25) is 0 Å². The molecule has 0 aliphatic rings. The number of aromatic nitrogens is 2. The van der Waals surface area contributed by atoms with E-state index in [2.05, 4.69) is 53.4 Å². The second kappa shape index (κ2) is 6.45. The van der Waals surface area contributed by atoms with Crippen LogP contribution in [0.3, 0.4) is 0 Å². The first-order valence-corrected chi connectivity index (χ1v) is 8.10. The molecule has 0 aromatic carbocycles. The second-order valence-electron chi connectivity index (χ2n) is 4.88. The van der Waals surface area contributed by atoms with Crippen molar-refractivity contribution < 1.29 is 0 Å². The summed E-state index contributed by atoms with van der Waals surface area (Å²) in [5.41, 5.74) is 4.09. The van der Waals surface area contributed by atoms with Crippen molar-refractivity contribution >= 4 is 27.8 Å². The normalized spacial score (nSPS) is 11.2. The lowest BCUT2D eigenvalue weighted by Gasteiger charge is -2.13. The van der Waals surface area contributed by atoms with Gasteiger partial charge in [-0.05, 0) is 6.92 Å². The summed E-state index contributed by atoms with van der Waals surface area (Å²) >= 11 is 3.39. The lowest BCUT2D eigenvalue weighted by atomic mass is 10.3. The van der Waals surface area contributed by atoms with Crippen molar-refractivity contribution in [2.24, 2.45) is 0 Å². The molecule has 0 saturated heterocycles. The average molecular weight is 296 g/mol. The van der Waals surface area contributed by atoms with Crippen molar-refractivity contribution in [1.82, 2.24) is 15.3 Å². The summed E-state index contributed by atoms with van der Waals surface area (Å²) in [5, 5.41) is 6.58. The van der Waals surface area contributed by atoms with Crippen molar-refractivity contribution in [1.29, 1.82) is 0 Å². The van der Waals surface area contributed by atoms with E-state index < -0.39 is 0 Å². The van der Waals surface area contributed by atoms with Gasteiger partial charge in [-0.15, -0.1) is 22.7 Å². The molecular weight excluding hydrogens is 276 g/mol. The lowest BCUT2D eigenvalue weighted by molar-refractivity contribution is 0.591. The lowest BCUT2D eigenvalue weighted by Crippen LogP contribution is -2.21. The average Bonchev–Trinajstić information content (AvgIpc) is 2.96. The van der Waals surface area contributed by atoms with Crippen molar-refractivity contribution in [2.45, 2.75) is 39.9 Å². The predicted molar refractivity (Wildman–Crippen MR) is 83.0 cm³/mol. The molecule has 2 aromatic rings. The van der Waals surface area contributed by atoms with Crippen LogP contribution in [0, 0.1) is 6.92 Å². The topological polar surface area (TPSA) is 41.1 Å².